The molecule has 0 nitrogen and oxygen atoms in total. The molecule has 136 valence electrons. The molecule has 0 bridgehead atoms. The molecule has 0 saturated carbocycles. The Morgan fingerprint density at radius 2 is 0.909 bits per heavy atom. The van der Waals surface area contributed by atoms with Gasteiger partial charge in [0.1, 0.15) is 0 Å². The van der Waals surface area contributed by atoms with Gasteiger partial charge < -0.3 is 0 Å². The minimum Gasteiger partial charge on any atom is -0.138 e. The van der Waals surface area contributed by atoms with E-state index < -0.39 is 0 Å². The lowest BCUT2D eigenvalue weighted by atomic mass is 9.71. The summed E-state index contributed by atoms with van der Waals surface area (Å²) in [6, 6.07) is 0. The first kappa shape index (κ1) is 25.4. The molecule has 0 heterocycles. The van der Waals surface area contributed by atoms with Gasteiger partial charge in [0.25, 0.3) is 0 Å². The van der Waals surface area contributed by atoms with E-state index in [-0.39, 0.29) is 24.0 Å². The smallest absolute Gasteiger partial charge is 0.0297 e. The summed E-state index contributed by atoms with van der Waals surface area (Å²) in [5, 5.41) is 0. The minimum absolute atomic E-state index is 0. The average Bonchev–Trinajstić information content (AvgIpc) is 2.51. The summed E-state index contributed by atoms with van der Waals surface area (Å²) in [5.74, 6) is 0. The molecule has 22 heavy (non-hydrogen) atoms. The Kier molecular flexibility index (Phi) is 21.4. The highest BCUT2D eigenvalue weighted by molar-refractivity contribution is 14.0. The Balaban J connectivity index is 0. The number of unbranched alkanes of at least 4 members (excludes halogenated alkanes) is 7. The predicted octanol–water partition coefficient (Wildman–Crippen LogP) is 8.38. The molecule has 0 aliphatic rings. The van der Waals surface area contributed by atoms with Crippen molar-refractivity contribution in [3.63, 3.8) is 0 Å². The molecule has 0 aromatic carbocycles. The summed E-state index contributed by atoms with van der Waals surface area (Å²) in [7, 11) is 2.86. The second-order valence-electron chi connectivity index (χ2n) is 7.12. The van der Waals surface area contributed by atoms with E-state index in [4.69, 9.17) is 0 Å². The van der Waals surface area contributed by atoms with Gasteiger partial charge in [-0.3, -0.25) is 0 Å². The minimum atomic E-state index is 0. The first-order chi connectivity index (χ1) is 10.2. The fourth-order valence-electron chi connectivity index (χ4n) is 3.58. The fourth-order valence-corrected chi connectivity index (χ4v) is 3.87. The molecule has 0 aromatic rings. The normalized spacial score (nSPS) is 11.5. The van der Waals surface area contributed by atoms with E-state index in [0.717, 1.165) is 0 Å². The number of rotatable bonds is 16. The maximum Gasteiger partial charge on any atom is -0.0297 e. The van der Waals surface area contributed by atoms with Crippen LogP contribution in [0.2, 0.25) is 0 Å². The molecule has 2 heteroatoms. The lowest BCUT2D eigenvalue weighted by Crippen LogP contribution is -2.21. The maximum absolute atomic E-state index is 2.86. The monoisotopic (exact) mass is 442 g/mol. The van der Waals surface area contributed by atoms with Crippen LogP contribution in [0.4, 0.5) is 0 Å². The van der Waals surface area contributed by atoms with Gasteiger partial charge in [0.2, 0.25) is 0 Å². The van der Waals surface area contributed by atoms with Crippen molar-refractivity contribution in [3.05, 3.63) is 0 Å². The van der Waals surface area contributed by atoms with Gasteiger partial charge in [-0.05, 0) is 43.7 Å². The summed E-state index contributed by atoms with van der Waals surface area (Å²) >= 11 is 0. The van der Waals surface area contributed by atoms with Crippen LogP contribution in [0.25, 0.3) is 0 Å². The molecular formula is C20H44IP. The van der Waals surface area contributed by atoms with Gasteiger partial charge in [-0.15, -0.1) is 33.2 Å². The van der Waals surface area contributed by atoms with Crippen LogP contribution in [-0.2, 0) is 0 Å². The first-order valence-electron chi connectivity index (χ1n) is 9.94. The van der Waals surface area contributed by atoms with Crippen molar-refractivity contribution in [1.29, 1.82) is 0 Å². The van der Waals surface area contributed by atoms with Crippen molar-refractivity contribution >= 4 is 33.2 Å². The molecule has 1 atom stereocenters. The molecule has 0 saturated heterocycles. The van der Waals surface area contributed by atoms with Crippen LogP contribution in [0.1, 0.15) is 117 Å². The van der Waals surface area contributed by atoms with Crippen LogP contribution in [-0.4, -0.2) is 6.16 Å². The van der Waals surface area contributed by atoms with E-state index >= 15 is 0 Å². The van der Waals surface area contributed by atoms with Crippen LogP contribution < -0.4 is 0 Å². The topological polar surface area (TPSA) is 0 Å². The second-order valence-corrected chi connectivity index (χ2v) is 7.69. The van der Waals surface area contributed by atoms with Crippen LogP contribution in [0, 0.1) is 5.41 Å². The molecule has 0 spiro atoms. The largest absolute Gasteiger partial charge is 0.138 e. The van der Waals surface area contributed by atoms with E-state index in [1.54, 1.807) is 0 Å². The molecule has 0 amide bonds. The SMILES string of the molecule is CCCCC(CCCC)(CCCC)CCCCCCCP.I. The second kappa shape index (κ2) is 18.5. The third-order valence-electron chi connectivity index (χ3n) is 5.09. The predicted molar refractivity (Wildman–Crippen MR) is 119 cm³/mol. The molecular weight excluding hydrogens is 398 g/mol. The van der Waals surface area contributed by atoms with E-state index in [2.05, 4.69) is 30.0 Å². The molecule has 0 N–H and O–H groups in total. The highest BCUT2D eigenvalue weighted by Gasteiger charge is 2.27. The van der Waals surface area contributed by atoms with Crippen molar-refractivity contribution in [2.24, 2.45) is 5.41 Å². The van der Waals surface area contributed by atoms with Gasteiger partial charge in [-0.1, -0.05) is 85.0 Å². The number of halogens is 1. The molecule has 0 radical (unpaired) electrons. The van der Waals surface area contributed by atoms with E-state index in [9.17, 15) is 0 Å². The van der Waals surface area contributed by atoms with Crippen molar-refractivity contribution in [2.45, 2.75) is 117 Å². The summed E-state index contributed by atoms with van der Waals surface area (Å²) < 4.78 is 0. The Labute approximate surface area is 161 Å². The van der Waals surface area contributed by atoms with Crippen LogP contribution in [0.15, 0.2) is 0 Å². The molecule has 1 unspecified atom stereocenters. The molecule has 0 aromatic heterocycles. The number of hydrogen-bond acceptors (Lipinski definition) is 0. The Bertz CT molecular complexity index is 184. The van der Waals surface area contributed by atoms with Gasteiger partial charge in [0, 0.05) is 0 Å². The fraction of sp³-hybridized carbons (Fsp3) is 1.00. The van der Waals surface area contributed by atoms with Crippen molar-refractivity contribution < 1.29 is 0 Å². The zero-order chi connectivity index (χ0) is 15.8. The molecule has 0 aliphatic heterocycles. The van der Waals surface area contributed by atoms with Gasteiger partial charge >= 0.3 is 0 Å². The summed E-state index contributed by atoms with van der Waals surface area (Å²) in [6.45, 7) is 7.06. The van der Waals surface area contributed by atoms with Crippen molar-refractivity contribution in [2.75, 3.05) is 6.16 Å². The Hall–Kier alpha value is 1.16. The standard InChI is InChI=1S/C20H43P.HI/c1-4-7-15-20(16-8-5-2,17-9-6-3)18-13-11-10-12-14-19-21;/h4-19,21H2,1-3H3;1H. The maximum atomic E-state index is 2.86. The molecule has 0 rings (SSSR count). The summed E-state index contributed by atoms with van der Waals surface area (Å²) in [4.78, 5) is 0. The zero-order valence-electron chi connectivity index (χ0n) is 15.8. The zero-order valence-corrected chi connectivity index (χ0v) is 19.3. The van der Waals surface area contributed by atoms with Crippen LogP contribution in [0.3, 0.4) is 0 Å². The van der Waals surface area contributed by atoms with Crippen molar-refractivity contribution in [3.8, 4) is 0 Å². The lowest BCUT2D eigenvalue weighted by molar-refractivity contribution is 0.176. The highest BCUT2D eigenvalue weighted by atomic mass is 127. The van der Waals surface area contributed by atoms with E-state index in [0.29, 0.717) is 5.41 Å². The van der Waals surface area contributed by atoms with E-state index in [1.807, 2.05) is 0 Å². The van der Waals surface area contributed by atoms with Gasteiger partial charge in [-0.2, -0.15) is 0 Å². The van der Waals surface area contributed by atoms with E-state index in [1.165, 1.54) is 102 Å². The van der Waals surface area contributed by atoms with Crippen LogP contribution >= 0.6 is 33.2 Å². The third kappa shape index (κ3) is 13.6. The highest BCUT2D eigenvalue weighted by Crippen LogP contribution is 2.41. The summed E-state index contributed by atoms with van der Waals surface area (Å²) in [5.41, 5.74) is 0.697. The number of hydrogen-bond donors (Lipinski definition) is 0. The van der Waals surface area contributed by atoms with Gasteiger partial charge in [0.15, 0.2) is 0 Å². The quantitative estimate of drug-likeness (QED) is 0.128. The van der Waals surface area contributed by atoms with Gasteiger partial charge in [0.05, 0.1) is 0 Å². The van der Waals surface area contributed by atoms with Gasteiger partial charge in [-0.25, -0.2) is 0 Å². The molecule has 0 fully saturated rings. The molecule has 0 aliphatic carbocycles. The average molecular weight is 442 g/mol. The van der Waals surface area contributed by atoms with Crippen LogP contribution in [0.5, 0.6) is 0 Å². The lowest BCUT2D eigenvalue weighted by Gasteiger charge is -2.35. The summed E-state index contributed by atoms with van der Waals surface area (Å²) in [6.07, 6.45) is 23.0. The Morgan fingerprint density at radius 3 is 1.32 bits per heavy atom. The Morgan fingerprint density at radius 1 is 0.545 bits per heavy atom. The third-order valence-corrected chi connectivity index (χ3v) is 5.50. The first-order valence-corrected chi connectivity index (χ1v) is 10.8. The van der Waals surface area contributed by atoms with Crippen molar-refractivity contribution in [1.82, 2.24) is 0 Å².